The first kappa shape index (κ1) is 11.7. The van der Waals surface area contributed by atoms with Crippen molar-refractivity contribution < 1.29 is 9.53 Å². The number of carbonyl (C=O) groups excluding carboxylic acids is 1. The molecule has 2 heterocycles. The van der Waals surface area contributed by atoms with E-state index in [2.05, 4.69) is 31.9 Å². The van der Waals surface area contributed by atoms with Crippen LogP contribution in [0.3, 0.4) is 0 Å². The van der Waals surface area contributed by atoms with Crippen molar-refractivity contribution in [2.24, 2.45) is 0 Å². The summed E-state index contributed by atoms with van der Waals surface area (Å²) in [6.45, 7) is 2.18. The maximum atomic E-state index is 11.5. The Hall–Kier alpha value is -0.810. The van der Waals surface area contributed by atoms with Gasteiger partial charge >= 0.3 is 5.97 Å². The van der Waals surface area contributed by atoms with Crippen LogP contribution in [0.2, 0.25) is 0 Å². The molecule has 0 aliphatic heterocycles. The molecule has 0 aliphatic rings. The molecule has 0 spiro atoms. The van der Waals surface area contributed by atoms with Gasteiger partial charge < -0.3 is 9.14 Å². The summed E-state index contributed by atoms with van der Waals surface area (Å²) < 4.78 is 8.71. The fourth-order valence-electron chi connectivity index (χ4n) is 1.43. The first-order valence-corrected chi connectivity index (χ1v) is 6.34. The lowest BCUT2D eigenvalue weighted by molar-refractivity contribution is 0.0526. The number of hydrogen-bond acceptors (Lipinski definition) is 2. The smallest absolute Gasteiger partial charge is 0.339 e. The van der Waals surface area contributed by atoms with Crippen LogP contribution in [0.15, 0.2) is 33.5 Å². The highest BCUT2D eigenvalue weighted by Gasteiger charge is 2.10. The van der Waals surface area contributed by atoms with E-state index in [-0.39, 0.29) is 5.97 Å². The standard InChI is InChI=1S/C11H9Br2NO2/c1-2-16-11(15)7-3-8-4-9(12)10(13)6-14(8)5-7/h3-6H,2H2,1H3. The fraction of sp³-hybridized carbons (Fsp3) is 0.182. The lowest BCUT2D eigenvalue weighted by Crippen LogP contribution is -2.02. The van der Waals surface area contributed by atoms with Crippen molar-refractivity contribution in [3.63, 3.8) is 0 Å². The van der Waals surface area contributed by atoms with Crippen LogP contribution in [-0.2, 0) is 4.74 Å². The molecule has 0 aromatic carbocycles. The lowest BCUT2D eigenvalue weighted by atomic mass is 10.3. The summed E-state index contributed by atoms with van der Waals surface area (Å²) in [6.07, 6.45) is 3.65. The Morgan fingerprint density at radius 3 is 2.75 bits per heavy atom. The molecule has 3 nitrogen and oxygen atoms in total. The van der Waals surface area contributed by atoms with Crippen LogP contribution < -0.4 is 0 Å². The van der Waals surface area contributed by atoms with Gasteiger partial charge in [0.2, 0.25) is 0 Å². The normalized spacial score (nSPS) is 10.7. The van der Waals surface area contributed by atoms with Gasteiger partial charge in [0.25, 0.3) is 0 Å². The van der Waals surface area contributed by atoms with Crippen LogP contribution in [-0.4, -0.2) is 17.0 Å². The van der Waals surface area contributed by atoms with E-state index >= 15 is 0 Å². The van der Waals surface area contributed by atoms with Crippen LogP contribution in [0, 0.1) is 0 Å². The zero-order valence-electron chi connectivity index (χ0n) is 8.54. The number of aromatic nitrogens is 1. The van der Waals surface area contributed by atoms with Crippen molar-refractivity contribution in [1.82, 2.24) is 4.40 Å². The summed E-state index contributed by atoms with van der Waals surface area (Å²) in [5.74, 6) is -0.293. The number of nitrogens with zero attached hydrogens (tertiary/aromatic N) is 1. The Bertz CT molecular complexity index is 509. The summed E-state index contributed by atoms with van der Waals surface area (Å²) in [7, 11) is 0. The number of hydrogen-bond donors (Lipinski definition) is 0. The average Bonchev–Trinajstić information content (AvgIpc) is 2.62. The van der Waals surface area contributed by atoms with E-state index in [0.717, 1.165) is 14.5 Å². The molecule has 0 saturated heterocycles. The molecule has 0 amide bonds. The molecule has 0 atom stereocenters. The summed E-state index contributed by atoms with van der Waals surface area (Å²) in [6, 6.07) is 3.74. The molecule has 0 radical (unpaired) electrons. The number of fused-ring (bicyclic) bond motifs is 1. The van der Waals surface area contributed by atoms with Crippen molar-refractivity contribution >= 4 is 43.3 Å². The zero-order chi connectivity index (χ0) is 11.7. The van der Waals surface area contributed by atoms with Gasteiger partial charge in [-0.1, -0.05) is 0 Å². The van der Waals surface area contributed by atoms with Crippen LogP contribution in [0.25, 0.3) is 5.52 Å². The second-order valence-electron chi connectivity index (χ2n) is 3.25. The second-order valence-corrected chi connectivity index (χ2v) is 4.96. The highest BCUT2D eigenvalue weighted by molar-refractivity contribution is 9.13. The molecule has 0 aliphatic carbocycles. The fourth-order valence-corrected chi connectivity index (χ4v) is 2.10. The summed E-state index contributed by atoms with van der Waals surface area (Å²) in [5, 5.41) is 0. The summed E-state index contributed by atoms with van der Waals surface area (Å²) in [5.41, 5.74) is 1.50. The number of esters is 1. The number of pyridine rings is 1. The predicted octanol–water partition coefficient (Wildman–Crippen LogP) is 3.64. The SMILES string of the molecule is CCOC(=O)c1cc2cc(Br)c(Br)cn2c1. The maximum Gasteiger partial charge on any atom is 0.339 e. The third-order valence-corrected chi connectivity index (χ3v) is 3.97. The summed E-state index contributed by atoms with van der Waals surface area (Å²) in [4.78, 5) is 11.5. The Morgan fingerprint density at radius 1 is 1.31 bits per heavy atom. The van der Waals surface area contributed by atoms with Gasteiger partial charge in [0.05, 0.1) is 12.2 Å². The quantitative estimate of drug-likeness (QED) is 0.777. The van der Waals surface area contributed by atoms with Gasteiger partial charge in [0.15, 0.2) is 0 Å². The van der Waals surface area contributed by atoms with Crippen molar-refractivity contribution in [3.05, 3.63) is 39.0 Å². The summed E-state index contributed by atoms with van der Waals surface area (Å²) >= 11 is 6.83. The van der Waals surface area contributed by atoms with E-state index in [9.17, 15) is 4.79 Å². The number of rotatable bonds is 2. The molecule has 16 heavy (non-hydrogen) atoms. The third kappa shape index (κ3) is 2.15. The van der Waals surface area contributed by atoms with Crippen LogP contribution >= 0.6 is 31.9 Å². The first-order valence-electron chi connectivity index (χ1n) is 4.75. The van der Waals surface area contributed by atoms with Gasteiger partial charge in [-0.25, -0.2) is 4.79 Å². The lowest BCUT2D eigenvalue weighted by Gasteiger charge is -1.98. The number of ether oxygens (including phenoxy) is 1. The second kappa shape index (κ2) is 4.59. The van der Waals surface area contributed by atoms with Crippen molar-refractivity contribution in [2.45, 2.75) is 6.92 Å². The minimum atomic E-state index is -0.293. The molecule has 0 saturated carbocycles. The van der Waals surface area contributed by atoms with Gasteiger partial charge in [-0.2, -0.15) is 0 Å². The molecule has 84 valence electrons. The first-order chi connectivity index (χ1) is 7.61. The average molecular weight is 347 g/mol. The molecular weight excluding hydrogens is 338 g/mol. The van der Waals surface area contributed by atoms with Gasteiger partial charge in [-0.05, 0) is 50.9 Å². The van der Waals surface area contributed by atoms with E-state index in [1.807, 2.05) is 16.7 Å². The topological polar surface area (TPSA) is 30.7 Å². The Kier molecular flexibility index (Phi) is 3.35. The highest BCUT2D eigenvalue weighted by atomic mass is 79.9. The molecule has 2 rings (SSSR count). The van der Waals surface area contributed by atoms with Crippen molar-refractivity contribution in [1.29, 1.82) is 0 Å². The molecule has 0 unspecified atom stereocenters. The monoisotopic (exact) mass is 345 g/mol. The molecule has 2 aromatic heterocycles. The zero-order valence-corrected chi connectivity index (χ0v) is 11.7. The molecule has 2 aromatic rings. The Balaban J connectivity index is 2.48. The van der Waals surface area contributed by atoms with Gasteiger partial charge in [-0.3, -0.25) is 0 Å². The number of halogens is 2. The van der Waals surface area contributed by atoms with Gasteiger partial charge in [0.1, 0.15) is 0 Å². The molecular formula is C11H9Br2NO2. The molecule has 0 N–H and O–H groups in total. The van der Waals surface area contributed by atoms with Gasteiger partial charge in [-0.15, -0.1) is 0 Å². The van der Waals surface area contributed by atoms with Gasteiger partial charge in [0, 0.05) is 26.9 Å². The molecule has 0 fully saturated rings. The van der Waals surface area contributed by atoms with Crippen molar-refractivity contribution in [3.8, 4) is 0 Å². The molecule has 0 bridgehead atoms. The van der Waals surface area contributed by atoms with Crippen molar-refractivity contribution in [2.75, 3.05) is 6.61 Å². The van der Waals surface area contributed by atoms with E-state index in [0.29, 0.717) is 12.2 Å². The highest BCUT2D eigenvalue weighted by Crippen LogP contribution is 2.25. The van der Waals surface area contributed by atoms with E-state index < -0.39 is 0 Å². The predicted molar refractivity (Wildman–Crippen MR) is 68.8 cm³/mol. The minimum absolute atomic E-state index is 0.293. The minimum Gasteiger partial charge on any atom is -0.462 e. The van der Waals surface area contributed by atoms with E-state index in [1.165, 1.54) is 0 Å². The van der Waals surface area contributed by atoms with E-state index in [4.69, 9.17) is 4.74 Å². The van der Waals surface area contributed by atoms with Crippen LogP contribution in [0.1, 0.15) is 17.3 Å². The Morgan fingerprint density at radius 2 is 2.06 bits per heavy atom. The van der Waals surface area contributed by atoms with Crippen LogP contribution in [0.5, 0.6) is 0 Å². The van der Waals surface area contributed by atoms with E-state index in [1.54, 1.807) is 19.2 Å². The Labute approximate surface area is 110 Å². The van der Waals surface area contributed by atoms with Crippen LogP contribution in [0.4, 0.5) is 0 Å². The maximum absolute atomic E-state index is 11.5. The third-order valence-electron chi connectivity index (χ3n) is 2.15. The largest absolute Gasteiger partial charge is 0.462 e. The number of carbonyl (C=O) groups is 1. The molecule has 5 heteroatoms.